The second-order valence-corrected chi connectivity index (χ2v) is 6.07. The molecule has 0 aliphatic carbocycles. The molecule has 0 radical (unpaired) electrons. The number of Topliss-reactive ketones (excluding diaryl/α,β-unsaturated/α-hetero) is 1. The van der Waals surface area contributed by atoms with Crippen molar-refractivity contribution in [2.75, 3.05) is 5.75 Å². The number of nitrogens with zero attached hydrogens (tertiary/aromatic N) is 2. The lowest BCUT2D eigenvalue weighted by molar-refractivity contribution is 0.102. The minimum Gasteiger partial charge on any atom is -0.293 e. The van der Waals surface area contributed by atoms with Gasteiger partial charge in [-0.1, -0.05) is 35.5 Å². The van der Waals surface area contributed by atoms with E-state index in [9.17, 15) is 4.79 Å². The second kappa shape index (κ2) is 6.20. The quantitative estimate of drug-likeness (QED) is 0.634. The van der Waals surface area contributed by atoms with Crippen LogP contribution in [0.4, 0.5) is 0 Å². The van der Waals surface area contributed by atoms with Gasteiger partial charge in [-0.05, 0) is 30.6 Å². The maximum atomic E-state index is 12.0. The first-order valence-electron chi connectivity index (χ1n) is 5.40. The maximum absolute atomic E-state index is 12.0. The summed E-state index contributed by atoms with van der Waals surface area (Å²) in [5.74, 6) is 0.159. The molecule has 0 aliphatic heterocycles. The third kappa shape index (κ3) is 3.16. The van der Waals surface area contributed by atoms with E-state index >= 15 is 0 Å². The highest BCUT2D eigenvalue weighted by atomic mass is 35.5. The molecular weight excluding hydrogens is 300 g/mol. The first-order valence-corrected chi connectivity index (χ1v) is 7.54. The zero-order valence-corrected chi connectivity index (χ0v) is 12.4. The normalized spacial score (nSPS) is 10.2. The molecule has 1 aromatic heterocycles. The van der Waals surface area contributed by atoms with Crippen molar-refractivity contribution in [2.45, 2.75) is 11.9 Å². The number of hydrogen-bond acceptors (Lipinski definition) is 5. The minimum atomic E-state index is -0.0647. The van der Waals surface area contributed by atoms with E-state index in [0.29, 0.717) is 21.2 Å². The molecule has 1 heterocycles. The van der Waals surface area contributed by atoms with Gasteiger partial charge < -0.3 is 0 Å². The lowest BCUT2D eigenvalue weighted by Crippen LogP contribution is -2.03. The lowest BCUT2D eigenvalue weighted by Gasteiger charge is -2.02. The number of rotatable bonds is 4. The Kier molecular flexibility index (Phi) is 4.59. The fourth-order valence-electron chi connectivity index (χ4n) is 1.48. The van der Waals surface area contributed by atoms with Gasteiger partial charge in [0.05, 0.1) is 16.3 Å². The average molecular weight is 309 g/mol. The third-order valence-electron chi connectivity index (χ3n) is 2.46. The summed E-state index contributed by atoms with van der Waals surface area (Å²) in [6, 6.07) is 9.05. The zero-order valence-electron chi connectivity index (χ0n) is 10.0. The van der Waals surface area contributed by atoms with Gasteiger partial charge in [0.25, 0.3) is 0 Å². The van der Waals surface area contributed by atoms with Gasteiger partial charge in [0.2, 0.25) is 0 Å². The largest absolute Gasteiger partial charge is 0.293 e. The molecule has 19 heavy (non-hydrogen) atoms. The number of carbonyl (C=O) groups is 1. The molecule has 2 rings (SSSR count). The molecule has 0 unspecified atom stereocenters. The first kappa shape index (κ1) is 14.1. The van der Waals surface area contributed by atoms with Crippen LogP contribution in [-0.4, -0.2) is 15.9 Å². The SMILES string of the molecule is Cc1snc(SCC(=O)c2ccccc2Cl)c1C#N. The number of nitriles is 1. The molecule has 0 bridgehead atoms. The van der Waals surface area contributed by atoms with Crippen molar-refractivity contribution in [3.05, 3.63) is 45.3 Å². The summed E-state index contributed by atoms with van der Waals surface area (Å²) in [6.45, 7) is 1.84. The third-order valence-corrected chi connectivity index (χ3v) is 4.63. The van der Waals surface area contributed by atoms with Crippen LogP contribution in [0, 0.1) is 18.3 Å². The number of benzene rings is 1. The first-order chi connectivity index (χ1) is 9.13. The van der Waals surface area contributed by atoms with Crippen molar-refractivity contribution < 1.29 is 4.79 Å². The van der Waals surface area contributed by atoms with Crippen molar-refractivity contribution in [3.8, 4) is 6.07 Å². The topological polar surface area (TPSA) is 53.8 Å². The van der Waals surface area contributed by atoms with Gasteiger partial charge in [0.1, 0.15) is 11.1 Å². The van der Waals surface area contributed by atoms with E-state index in [2.05, 4.69) is 10.4 Å². The highest BCUT2D eigenvalue weighted by Gasteiger charge is 2.15. The van der Waals surface area contributed by atoms with Crippen LogP contribution in [0.5, 0.6) is 0 Å². The van der Waals surface area contributed by atoms with Crippen LogP contribution in [-0.2, 0) is 0 Å². The Bertz CT molecular complexity index is 661. The van der Waals surface area contributed by atoms with Gasteiger partial charge in [-0.2, -0.15) is 9.64 Å². The molecule has 1 aromatic carbocycles. The van der Waals surface area contributed by atoms with Crippen LogP contribution in [0.1, 0.15) is 20.8 Å². The second-order valence-electron chi connectivity index (χ2n) is 3.72. The molecule has 0 spiro atoms. The van der Waals surface area contributed by atoms with Crippen LogP contribution >= 0.6 is 34.9 Å². The number of aryl methyl sites for hydroxylation is 1. The Morgan fingerprint density at radius 2 is 2.26 bits per heavy atom. The predicted molar refractivity (Wildman–Crippen MR) is 78.1 cm³/mol. The smallest absolute Gasteiger partial charge is 0.174 e. The number of hydrogen-bond donors (Lipinski definition) is 0. The fourth-order valence-corrected chi connectivity index (χ4v) is 3.42. The molecular formula is C13H9ClN2OS2. The van der Waals surface area contributed by atoms with E-state index in [1.165, 1.54) is 23.3 Å². The van der Waals surface area contributed by atoms with Crippen LogP contribution in [0.2, 0.25) is 5.02 Å². The van der Waals surface area contributed by atoms with Gasteiger partial charge in [-0.25, -0.2) is 0 Å². The predicted octanol–water partition coefficient (Wildman–Crippen LogP) is 3.95. The van der Waals surface area contributed by atoms with Gasteiger partial charge >= 0.3 is 0 Å². The van der Waals surface area contributed by atoms with Crippen molar-refractivity contribution >= 4 is 40.7 Å². The molecule has 6 heteroatoms. The van der Waals surface area contributed by atoms with Gasteiger partial charge in [-0.15, -0.1) is 0 Å². The highest BCUT2D eigenvalue weighted by Crippen LogP contribution is 2.27. The molecule has 0 atom stereocenters. The lowest BCUT2D eigenvalue weighted by atomic mass is 10.1. The Hall–Kier alpha value is -1.35. The van der Waals surface area contributed by atoms with Gasteiger partial charge in [-0.3, -0.25) is 4.79 Å². The molecule has 0 saturated carbocycles. The number of thioether (sulfide) groups is 1. The van der Waals surface area contributed by atoms with E-state index in [0.717, 1.165) is 4.88 Å². The van der Waals surface area contributed by atoms with Gasteiger partial charge in [0.15, 0.2) is 5.78 Å². The Balaban J connectivity index is 2.09. The molecule has 0 fully saturated rings. The Morgan fingerprint density at radius 1 is 1.53 bits per heavy atom. The molecule has 2 aromatic rings. The highest BCUT2D eigenvalue weighted by molar-refractivity contribution is 8.00. The maximum Gasteiger partial charge on any atom is 0.174 e. The summed E-state index contributed by atoms with van der Waals surface area (Å²) < 4.78 is 4.17. The Morgan fingerprint density at radius 3 is 2.95 bits per heavy atom. The minimum absolute atomic E-state index is 0.0647. The summed E-state index contributed by atoms with van der Waals surface area (Å²) >= 11 is 8.52. The fraction of sp³-hybridized carbons (Fsp3) is 0.154. The summed E-state index contributed by atoms with van der Waals surface area (Å²) in [5.41, 5.74) is 1.06. The van der Waals surface area contributed by atoms with Crippen LogP contribution in [0.15, 0.2) is 29.3 Å². The zero-order chi connectivity index (χ0) is 13.8. The van der Waals surface area contributed by atoms with E-state index in [4.69, 9.17) is 16.9 Å². The molecule has 96 valence electrons. The van der Waals surface area contributed by atoms with Gasteiger partial charge in [0, 0.05) is 10.4 Å². The van der Waals surface area contributed by atoms with E-state index in [1.54, 1.807) is 24.3 Å². The number of aromatic nitrogens is 1. The van der Waals surface area contributed by atoms with E-state index in [1.807, 2.05) is 6.92 Å². The van der Waals surface area contributed by atoms with Crippen molar-refractivity contribution in [1.82, 2.24) is 4.37 Å². The summed E-state index contributed by atoms with van der Waals surface area (Å²) in [7, 11) is 0. The molecule has 3 nitrogen and oxygen atoms in total. The van der Waals surface area contributed by atoms with Crippen LogP contribution in [0.25, 0.3) is 0 Å². The number of ketones is 1. The van der Waals surface area contributed by atoms with Crippen molar-refractivity contribution in [3.63, 3.8) is 0 Å². The Labute approximate surface area is 124 Å². The van der Waals surface area contributed by atoms with E-state index in [-0.39, 0.29) is 11.5 Å². The monoisotopic (exact) mass is 308 g/mol. The van der Waals surface area contributed by atoms with Crippen molar-refractivity contribution in [2.24, 2.45) is 0 Å². The van der Waals surface area contributed by atoms with Crippen LogP contribution < -0.4 is 0 Å². The average Bonchev–Trinajstić information content (AvgIpc) is 2.77. The standard InChI is InChI=1S/C13H9ClN2OS2/c1-8-10(6-15)13(16-19-8)18-7-12(17)9-4-2-3-5-11(9)14/h2-5H,7H2,1H3. The molecule has 0 amide bonds. The molecule has 0 N–H and O–H groups in total. The van der Waals surface area contributed by atoms with Crippen molar-refractivity contribution in [1.29, 1.82) is 5.26 Å². The molecule has 0 saturated heterocycles. The molecule has 0 aliphatic rings. The summed E-state index contributed by atoms with van der Waals surface area (Å²) in [5, 5.41) is 10.1. The number of halogens is 1. The van der Waals surface area contributed by atoms with E-state index < -0.39 is 0 Å². The number of carbonyl (C=O) groups excluding carboxylic acids is 1. The van der Waals surface area contributed by atoms with Crippen LogP contribution in [0.3, 0.4) is 0 Å². The summed E-state index contributed by atoms with van der Waals surface area (Å²) in [4.78, 5) is 12.9. The summed E-state index contributed by atoms with van der Waals surface area (Å²) in [6.07, 6.45) is 0.